The van der Waals surface area contributed by atoms with Crippen LogP contribution in [-0.4, -0.2) is 29.4 Å². The monoisotopic (exact) mass is 356 g/mol. The normalized spacial score (nSPS) is 12.2. The van der Waals surface area contributed by atoms with Gasteiger partial charge in [0.25, 0.3) is 0 Å². The highest BCUT2D eigenvalue weighted by molar-refractivity contribution is 8.01. The van der Waals surface area contributed by atoms with Crippen LogP contribution in [0.25, 0.3) is 10.4 Å². The highest BCUT2D eigenvalue weighted by atomic mass is 32.2. The van der Waals surface area contributed by atoms with E-state index in [-0.39, 0.29) is 12.6 Å². The van der Waals surface area contributed by atoms with Gasteiger partial charge in [-0.3, -0.25) is 0 Å². The van der Waals surface area contributed by atoms with Gasteiger partial charge in [-0.1, -0.05) is 65.8 Å². The smallest absolute Gasteiger partial charge is 0.328 e. The highest BCUT2D eigenvalue weighted by Crippen LogP contribution is 2.43. The number of thioether (sulfide) groups is 1. The summed E-state index contributed by atoms with van der Waals surface area (Å²) in [5, 5.41) is 13.6. The standard InChI is InChI=1S/C18H20N4O2S/c19-16(13-21-22-20)11-12-25-18(17(23)24,14-7-3-1-4-8-14)15-9-5-2-6-10-15/h1-10,16H,11-13,19H2,(H,23,24)/t16-/m0/s1. The molecule has 6 nitrogen and oxygen atoms in total. The number of carboxylic acids is 1. The molecule has 1 atom stereocenters. The number of aliphatic carboxylic acids is 1. The van der Waals surface area contributed by atoms with Crippen molar-refractivity contribution in [3.63, 3.8) is 0 Å². The van der Waals surface area contributed by atoms with E-state index in [4.69, 9.17) is 11.3 Å². The summed E-state index contributed by atoms with van der Waals surface area (Å²) in [7, 11) is 0. The van der Waals surface area contributed by atoms with Crippen LogP contribution in [0.1, 0.15) is 17.5 Å². The second kappa shape index (κ2) is 9.13. The number of hydrogen-bond acceptors (Lipinski definition) is 4. The zero-order valence-corrected chi connectivity index (χ0v) is 14.5. The van der Waals surface area contributed by atoms with Gasteiger partial charge in [-0.05, 0) is 28.8 Å². The number of rotatable bonds is 9. The molecular formula is C18H20N4O2S. The fourth-order valence-corrected chi connectivity index (χ4v) is 4.04. The third-order valence-corrected chi connectivity index (χ3v) is 5.37. The summed E-state index contributed by atoms with van der Waals surface area (Å²) in [5.41, 5.74) is 15.7. The van der Waals surface area contributed by atoms with Crippen LogP contribution >= 0.6 is 11.8 Å². The molecule has 0 unspecified atom stereocenters. The average Bonchev–Trinajstić information content (AvgIpc) is 2.65. The first kappa shape index (κ1) is 18.9. The Bertz CT molecular complexity index is 694. The summed E-state index contributed by atoms with van der Waals surface area (Å²) in [6, 6.07) is 18.1. The molecule has 2 aromatic carbocycles. The quantitative estimate of drug-likeness (QED) is 0.404. The Morgan fingerprint density at radius 2 is 1.68 bits per heavy atom. The Labute approximate surface area is 150 Å². The summed E-state index contributed by atoms with van der Waals surface area (Å²) in [6.07, 6.45) is 0.554. The van der Waals surface area contributed by atoms with Crippen molar-refractivity contribution < 1.29 is 9.90 Å². The molecule has 2 rings (SSSR count). The van der Waals surface area contributed by atoms with Crippen LogP contribution in [0, 0.1) is 0 Å². The molecule has 130 valence electrons. The fraction of sp³-hybridized carbons (Fsp3) is 0.278. The highest BCUT2D eigenvalue weighted by Gasteiger charge is 2.42. The average molecular weight is 356 g/mol. The lowest BCUT2D eigenvalue weighted by molar-refractivity contribution is -0.138. The van der Waals surface area contributed by atoms with E-state index < -0.39 is 10.7 Å². The minimum atomic E-state index is -1.21. The number of nitrogens with zero attached hydrogens (tertiary/aromatic N) is 3. The molecule has 0 saturated carbocycles. The second-order valence-electron chi connectivity index (χ2n) is 5.53. The lowest BCUT2D eigenvalue weighted by atomic mass is 9.90. The Kier molecular flexibility index (Phi) is 6.89. The van der Waals surface area contributed by atoms with Gasteiger partial charge in [-0.2, -0.15) is 0 Å². The van der Waals surface area contributed by atoms with Gasteiger partial charge < -0.3 is 10.8 Å². The van der Waals surface area contributed by atoms with Crippen molar-refractivity contribution in [1.82, 2.24) is 0 Å². The summed E-state index contributed by atoms with van der Waals surface area (Å²) < 4.78 is -1.21. The number of hydrogen-bond donors (Lipinski definition) is 2. The molecule has 0 radical (unpaired) electrons. The summed E-state index contributed by atoms with van der Waals surface area (Å²) in [5.74, 6) is -0.392. The Morgan fingerprint density at radius 1 is 1.16 bits per heavy atom. The number of carbonyl (C=O) groups is 1. The van der Waals surface area contributed by atoms with Crippen LogP contribution in [0.15, 0.2) is 65.8 Å². The molecule has 25 heavy (non-hydrogen) atoms. The van der Waals surface area contributed by atoms with Crippen molar-refractivity contribution in [2.75, 3.05) is 12.3 Å². The molecule has 0 amide bonds. The summed E-state index contributed by atoms with van der Waals surface area (Å²) >= 11 is 1.33. The lowest BCUT2D eigenvalue weighted by Crippen LogP contribution is -2.35. The molecular weight excluding hydrogens is 336 g/mol. The molecule has 0 fully saturated rings. The number of nitrogens with two attached hydrogens (primary N) is 1. The third kappa shape index (κ3) is 4.54. The van der Waals surface area contributed by atoms with E-state index >= 15 is 0 Å². The van der Waals surface area contributed by atoms with Crippen molar-refractivity contribution in [2.45, 2.75) is 17.2 Å². The molecule has 0 spiro atoms. The number of carboxylic acid groups (broad SMARTS) is 1. The van der Waals surface area contributed by atoms with Crippen LogP contribution in [0.3, 0.4) is 0 Å². The Hall–Kier alpha value is -2.47. The van der Waals surface area contributed by atoms with E-state index in [2.05, 4.69) is 10.0 Å². The zero-order valence-electron chi connectivity index (χ0n) is 13.7. The number of benzene rings is 2. The van der Waals surface area contributed by atoms with Crippen molar-refractivity contribution >= 4 is 17.7 Å². The van der Waals surface area contributed by atoms with Gasteiger partial charge in [0.15, 0.2) is 4.75 Å². The molecule has 0 aliphatic heterocycles. The number of azide groups is 1. The molecule has 0 bridgehead atoms. The van der Waals surface area contributed by atoms with Gasteiger partial charge in [-0.15, -0.1) is 11.8 Å². The van der Waals surface area contributed by atoms with Gasteiger partial charge in [0.2, 0.25) is 0 Å². The predicted octanol–water partition coefficient (Wildman–Crippen LogP) is 3.78. The van der Waals surface area contributed by atoms with Gasteiger partial charge in [0.1, 0.15) is 0 Å². The fourth-order valence-electron chi connectivity index (χ4n) is 2.58. The minimum Gasteiger partial charge on any atom is -0.480 e. The third-order valence-electron chi connectivity index (χ3n) is 3.85. The van der Waals surface area contributed by atoms with E-state index in [1.807, 2.05) is 60.7 Å². The van der Waals surface area contributed by atoms with Gasteiger partial charge in [-0.25, -0.2) is 4.79 Å². The largest absolute Gasteiger partial charge is 0.480 e. The molecule has 3 N–H and O–H groups in total. The van der Waals surface area contributed by atoms with Crippen LogP contribution in [0.4, 0.5) is 0 Å². The SMILES string of the molecule is [N-]=[N+]=NC[C@@H](N)CCSC(C(=O)O)(c1ccccc1)c1ccccc1. The maximum absolute atomic E-state index is 12.4. The molecule has 0 saturated heterocycles. The van der Waals surface area contributed by atoms with Crippen molar-refractivity contribution in [3.05, 3.63) is 82.2 Å². The van der Waals surface area contributed by atoms with Gasteiger partial charge in [0.05, 0.1) is 0 Å². The molecule has 0 aromatic heterocycles. The first-order chi connectivity index (χ1) is 12.1. The van der Waals surface area contributed by atoms with Crippen LogP contribution in [-0.2, 0) is 9.54 Å². The molecule has 0 aliphatic rings. The zero-order chi connectivity index (χ0) is 18.1. The molecule has 0 heterocycles. The van der Waals surface area contributed by atoms with Crippen molar-refractivity contribution in [1.29, 1.82) is 0 Å². The van der Waals surface area contributed by atoms with E-state index in [0.717, 1.165) is 0 Å². The first-order valence-corrected chi connectivity index (χ1v) is 8.84. The van der Waals surface area contributed by atoms with Gasteiger partial charge in [0, 0.05) is 17.5 Å². The maximum Gasteiger partial charge on any atom is 0.328 e. The Balaban J connectivity index is 2.32. The summed E-state index contributed by atoms with van der Waals surface area (Å²) in [4.78, 5) is 15.1. The van der Waals surface area contributed by atoms with Crippen molar-refractivity contribution in [3.8, 4) is 0 Å². The van der Waals surface area contributed by atoms with E-state index in [1.54, 1.807) is 0 Å². The van der Waals surface area contributed by atoms with Crippen LogP contribution in [0.2, 0.25) is 0 Å². The van der Waals surface area contributed by atoms with E-state index in [9.17, 15) is 9.90 Å². The van der Waals surface area contributed by atoms with E-state index in [1.165, 1.54) is 11.8 Å². The predicted molar refractivity (Wildman–Crippen MR) is 100 cm³/mol. The maximum atomic E-state index is 12.4. The van der Waals surface area contributed by atoms with Gasteiger partial charge >= 0.3 is 5.97 Å². The van der Waals surface area contributed by atoms with Crippen LogP contribution < -0.4 is 5.73 Å². The molecule has 0 aliphatic carbocycles. The molecule has 2 aromatic rings. The Morgan fingerprint density at radius 3 is 2.12 bits per heavy atom. The topological polar surface area (TPSA) is 112 Å². The lowest BCUT2D eigenvalue weighted by Gasteiger charge is -2.30. The first-order valence-electron chi connectivity index (χ1n) is 7.86. The van der Waals surface area contributed by atoms with Crippen LogP contribution in [0.5, 0.6) is 0 Å². The van der Waals surface area contributed by atoms with Crippen molar-refractivity contribution in [2.24, 2.45) is 10.8 Å². The summed E-state index contributed by atoms with van der Waals surface area (Å²) in [6.45, 7) is 0.202. The molecule has 7 heteroatoms. The second-order valence-corrected chi connectivity index (χ2v) is 6.84. The van der Waals surface area contributed by atoms with E-state index in [0.29, 0.717) is 23.3 Å². The minimum absolute atomic E-state index is 0.202.